The van der Waals surface area contributed by atoms with Crippen LogP contribution in [-0.2, 0) is 6.42 Å². The van der Waals surface area contributed by atoms with Crippen LogP contribution in [0.4, 0.5) is 0 Å². The highest BCUT2D eigenvalue weighted by molar-refractivity contribution is 6.33. The molecule has 1 aromatic rings. The van der Waals surface area contributed by atoms with E-state index in [1.807, 2.05) is 6.07 Å². The minimum absolute atomic E-state index is 0.177. The van der Waals surface area contributed by atoms with E-state index in [0.29, 0.717) is 5.02 Å². The second-order valence-corrected chi connectivity index (χ2v) is 3.78. The molecule has 1 heterocycles. The van der Waals surface area contributed by atoms with E-state index in [1.54, 1.807) is 6.07 Å². The van der Waals surface area contributed by atoms with E-state index in [1.165, 1.54) is 5.56 Å². The van der Waals surface area contributed by atoms with Gasteiger partial charge < -0.3 is 10.4 Å². The van der Waals surface area contributed by atoms with Gasteiger partial charge in [-0.3, -0.25) is 0 Å². The Morgan fingerprint density at radius 3 is 3.08 bits per heavy atom. The molecule has 1 aromatic carbocycles. The van der Waals surface area contributed by atoms with Crippen LogP contribution in [0.5, 0.6) is 5.75 Å². The summed E-state index contributed by atoms with van der Waals surface area (Å²) in [6.07, 6.45) is 0.986. The topological polar surface area (TPSA) is 32.3 Å². The molecule has 0 radical (unpaired) electrons. The van der Waals surface area contributed by atoms with E-state index >= 15 is 0 Å². The minimum Gasteiger partial charge on any atom is -0.506 e. The van der Waals surface area contributed by atoms with Gasteiger partial charge in [0.25, 0.3) is 0 Å². The molecule has 0 aliphatic carbocycles. The molecule has 0 bridgehead atoms. The molecule has 1 unspecified atom stereocenters. The number of halogens is 1. The summed E-state index contributed by atoms with van der Waals surface area (Å²) in [6.45, 7) is 3.04. The summed E-state index contributed by atoms with van der Waals surface area (Å²) in [5, 5.41) is 13.2. The number of hydrogen-bond donors (Lipinski definition) is 2. The van der Waals surface area contributed by atoms with E-state index in [2.05, 4.69) is 12.2 Å². The fraction of sp³-hybridized carbons (Fsp3) is 0.400. The Morgan fingerprint density at radius 1 is 1.54 bits per heavy atom. The van der Waals surface area contributed by atoms with Crippen LogP contribution in [0.3, 0.4) is 0 Å². The van der Waals surface area contributed by atoms with Crippen molar-refractivity contribution in [1.82, 2.24) is 5.32 Å². The molecule has 0 amide bonds. The molecule has 1 aliphatic rings. The first-order chi connectivity index (χ1) is 6.20. The van der Waals surface area contributed by atoms with E-state index in [4.69, 9.17) is 11.6 Å². The molecular weight excluding hydrogens is 186 g/mol. The van der Waals surface area contributed by atoms with Crippen LogP contribution in [0.15, 0.2) is 12.1 Å². The fourth-order valence-electron chi connectivity index (χ4n) is 1.83. The maximum Gasteiger partial charge on any atom is 0.134 e. The number of hydrogen-bond acceptors (Lipinski definition) is 2. The Balaban J connectivity index is 2.58. The molecule has 13 heavy (non-hydrogen) atoms. The number of phenols is 1. The molecule has 0 aromatic heterocycles. The molecule has 2 nitrogen and oxygen atoms in total. The number of nitrogens with one attached hydrogen (secondary N) is 1. The standard InChI is InChI=1S/C10H12ClNO/c1-6-9-7(4-5-12-6)2-3-8(13)10(9)11/h2-3,6,12-13H,4-5H2,1H3. The third kappa shape index (κ3) is 1.40. The second-order valence-electron chi connectivity index (χ2n) is 3.40. The van der Waals surface area contributed by atoms with Gasteiger partial charge in [0.05, 0.1) is 5.02 Å². The Kier molecular flexibility index (Phi) is 2.18. The zero-order valence-corrected chi connectivity index (χ0v) is 8.23. The number of aromatic hydroxyl groups is 1. The predicted octanol–water partition coefficient (Wildman–Crippen LogP) is 2.25. The molecule has 0 saturated heterocycles. The zero-order chi connectivity index (χ0) is 9.42. The van der Waals surface area contributed by atoms with Gasteiger partial charge in [-0.1, -0.05) is 17.7 Å². The molecule has 2 rings (SSSR count). The minimum atomic E-state index is 0.177. The van der Waals surface area contributed by atoms with Crippen LogP contribution in [0.2, 0.25) is 5.02 Å². The molecule has 70 valence electrons. The molecule has 0 fully saturated rings. The van der Waals surface area contributed by atoms with Crippen molar-refractivity contribution in [3.63, 3.8) is 0 Å². The summed E-state index contributed by atoms with van der Waals surface area (Å²) in [6, 6.07) is 3.86. The highest BCUT2D eigenvalue weighted by Crippen LogP contribution is 2.35. The van der Waals surface area contributed by atoms with Crippen LogP contribution < -0.4 is 5.32 Å². The lowest BCUT2D eigenvalue weighted by Crippen LogP contribution is -2.27. The maximum absolute atomic E-state index is 9.43. The summed E-state index contributed by atoms with van der Waals surface area (Å²) in [4.78, 5) is 0. The normalized spacial score (nSPS) is 21.2. The van der Waals surface area contributed by atoms with Crippen molar-refractivity contribution >= 4 is 11.6 Å². The molecule has 3 heteroatoms. The average molecular weight is 198 g/mol. The monoisotopic (exact) mass is 197 g/mol. The quantitative estimate of drug-likeness (QED) is 0.669. The van der Waals surface area contributed by atoms with Crippen molar-refractivity contribution < 1.29 is 5.11 Å². The molecule has 0 spiro atoms. The van der Waals surface area contributed by atoms with Crippen LogP contribution in [-0.4, -0.2) is 11.7 Å². The Labute approximate surface area is 82.5 Å². The number of fused-ring (bicyclic) bond motifs is 1. The molecule has 2 N–H and O–H groups in total. The summed E-state index contributed by atoms with van der Waals surface area (Å²) in [7, 11) is 0. The Hall–Kier alpha value is -0.730. The molecule has 1 aliphatic heterocycles. The van der Waals surface area contributed by atoms with Crippen LogP contribution >= 0.6 is 11.6 Å². The number of benzene rings is 1. The lowest BCUT2D eigenvalue weighted by molar-refractivity contribution is 0.469. The Morgan fingerprint density at radius 2 is 2.31 bits per heavy atom. The van der Waals surface area contributed by atoms with Crippen molar-refractivity contribution in [3.05, 3.63) is 28.3 Å². The highest BCUT2D eigenvalue weighted by atomic mass is 35.5. The van der Waals surface area contributed by atoms with Crippen molar-refractivity contribution in [3.8, 4) is 5.75 Å². The lowest BCUT2D eigenvalue weighted by Gasteiger charge is -2.25. The van der Waals surface area contributed by atoms with Gasteiger partial charge in [0.2, 0.25) is 0 Å². The van der Waals surface area contributed by atoms with Crippen molar-refractivity contribution in [2.45, 2.75) is 19.4 Å². The summed E-state index contributed by atoms with van der Waals surface area (Å²) >= 11 is 6.02. The number of phenolic OH excluding ortho intramolecular Hbond substituents is 1. The fourth-order valence-corrected chi connectivity index (χ4v) is 2.18. The van der Waals surface area contributed by atoms with Crippen LogP contribution in [0.1, 0.15) is 24.1 Å². The van der Waals surface area contributed by atoms with Gasteiger partial charge in [0, 0.05) is 6.04 Å². The summed E-state index contributed by atoms with van der Waals surface area (Å²) in [5.41, 5.74) is 2.29. The van der Waals surface area contributed by atoms with Gasteiger partial charge in [-0.2, -0.15) is 0 Å². The first kappa shape index (κ1) is 8.85. The first-order valence-corrected chi connectivity index (χ1v) is 4.81. The van der Waals surface area contributed by atoms with Crippen LogP contribution in [0, 0.1) is 0 Å². The third-order valence-corrected chi connectivity index (χ3v) is 2.92. The maximum atomic E-state index is 9.43. The first-order valence-electron chi connectivity index (χ1n) is 4.44. The average Bonchev–Trinajstić information content (AvgIpc) is 2.12. The van der Waals surface area contributed by atoms with Gasteiger partial charge >= 0.3 is 0 Å². The van der Waals surface area contributed by atoms with Crippen LogP contribution in [0.25, 0.3) is 0 Å². The van der Waals surface area contributed by atoms with Crippen molar-refractivity contribution in [2.75, 3.05) is 6.54 Å². The summed E-state index contributed by atoms with van der Waals surface area (Å²) < 4.78 is 0. The SMILES string of the molecule is CC1NCCc2ccc(O)c(Cl)c21. The molecular formula is C10H12ClNO. The van der Waals surface area contributed by atoms with Gasteiger partial charge in [0.1, 0.15) is 5.75 Å². The van der Waals surface area contributed by atoms with Crippen molar-refractivity contribution in [2.24, 2.45) is 0 Å². The van der Waals surface area contributed by atoms with Gasteiger partial charge in [-0.25, -0.2) is 0 Å². The second kappa shape index (κ2) is 3.20. The molecule has 0 saturated carbocycles. The van der Waals surface area contributed by atoms with E-state index in [0.717, 1.165) is 18.5 Å². The number of rotatable bonds is 0. The lowest BCUT2D eigenvalue weighted by atomic mass is 9.95. The van der Waals surface area contributed by atoms with E-state index in [-0.39, 0.29) is 11.8 Å². The zero-order valence-electron chi connectivity index (χ0n) is 7.47. The van der Waals surface area contributed by atoms with E-state index < -0.39 is 0 Å². The van der Waals surface area contributed by atoms with Gasteiger partial charge in [-0.15, -0.1) is 0 Å². The smallest absolute Gasteiger partial charge is 0.134 e. The highest BCUT2D eigenvalue weighted by Gasteiger charge is 2.20. The predicted molar refractivity (Wildman–Crippen MR) is 53.2 cm³/mol. The third-order valence-electron chi connectivity index (χ3n) is 2.53. The van der Waals surface area contributed by atoms with Gasteiger partial charge in [-0.05, 0) is 37.1 Å². The largest absolute Gasteiger partial charge is 0.506 e. The Bertz CT molecular complexity index is 338. The van der Waals surface area contributed by atoms with Gasteiger partial charge in [0.15, 0.2) is 0 Å². The summed E-state index contributed by atoms with van der Waals surface area (Å²) in [5.74, 6) is 0.177. The molecule has 1 atom stereocenters. The van der Waals surface area contributed by atoms with Crippen molar-refractivity contribution in [1.29, 1.82) is 0 Å². The van der Waals surface area contributed by atoms with E-state index in [9.17, 15) is 5.11 Å².